The van der Waals surface area contributed by atoms with E-state index in [1.807, 2.05) is 0 Å². The first kappa shape index (κ1) is 22.9. The fraction of sp³-hybridized carbons (Fsp3) is 0.588. The Bertz CT molecular complexity index is 820. The number of hydrogen-bond donors (Lipinski definition) is 2. The molecule has 164 valence electrons. The monoisotopic (exact) mass is 436 g/mol. The molecule has 9 nitrogen and oxygen atoms in total. The molecule has 0 aromatic heterocycles. The van der Waals surface area contributed by atoms with Crippen molar-refractivity contribution in [2.45, 2.75) is 26.5 Å². The molecule has 1 aromatic carbocycles. The first-order chi connectivity index (χ1) is 13.7. The van der Waals surface area contributed by atoms with E-state index in [4.69, 9.17) is 9.47 Å². The predicted octanol–water partition coefficient (Wildman–Crippen LogP) is 1.35. The third-order valence-electron chi connectivity index (χ3n) is 4.14. The van der Waals surface area contributed by atoms with Crippen molar-refractivity contribution in [1.29, 1.82) is 0 Å². The molecular weight excluding hydrogens is 410 g/mol. The standard InChI is InChI=1S/C17H26F2N4O5S/c1-4-23(29(3,24)25)7-5-6-21-17(20-2)22-10-12-8-14-15(27-11-26-14)9-13(12)28-16(18)19/h8-9,16H,4-7,10-11H2,1-3H3,(H2,20,21,22). The highest BCUT2D eigenvalue weighted by atomic mass is 32.2. The lowest BCUT2D eigenvalue weighted by Crippen LogP contribution is -2.39. The molecule has 0 saturated carbocycles. The van der Waals surface area contributed by atoms with E-state index in [2.05, 4.69) is 20.4 Å². The second-order valence-corrected chi connectivity index (χ2v) is 8.13. The van der Waals surface area contributed by atoms with E-state index < -0.39 is 16.6 Å². The van der Waals surface area contributed by atoms with Crippen molar-refractivity contribution in [3.05, 3.63) is 17.7 Å². The van der Waals surface area contributed by atoms with Crippen LogP contribution in [-0.2, 0) is 16.6 Å². The topological polar surface area (TPSA) is 101 Å². The molecule has 0 saturated heterocycles. The van der Waals surface area contributed by atoms with E-state index in [-0.39, 0.29) is 19.1 Å². The maximum Gasteiger partial charge on any atom is 0.387 e. The van der Waals surface area contributed by atoms with Gasteiger partial charge in [0.15, 0.2) is 17.5 Å². The van der Waals surface area contributed by atoms with Crippen LogP contribution in [0.3, 0.4) is 0 Å². The van der Waals surface area contributed by atoms with Crippen molar-refractivity contribution in [1.82, 2.24) is 14.9 Å². The van der Waals surface area contributed by atoms with Gasteiger partial charge in [-0.2, -0.15) is 8.78 Å². The number of rotatable bonds is 10. The molecule has 0 spiro atoms. The SMILES string of the molecule is CCN(CCCNC(=NC)NCc1cc2c(cc1OC(F)F)OCO2)S(C)(=O)=O. The maximum atomic E-state index is 12.7. The third-order valence-corrected chi connectivity index (χ3v) is 5.52. The minimum Gasteiger partial charge on any atom is -0.454 e. The van der Waals surface area contributed by atoms with Gasteiger partial charge < -0.3 is 24.8 Å². The largest absolute Gasteiger partial charge is 0.454 e. The summed E-state index contributed by atoms with van der Waals surface area (Å²) in [5.74, 6) is 1.22. The van der Waals surface area contributed by atoms with Gasteiger partial charge in [-0.05, 0) is 12.5 Å². The molecular formula is C17H26F2N4O5S. The number of aliphatic imine (C=N–C) groups is 1. The molecule has 0 unspecified atom stereocenters. The molecule has 2 rings (SSSR count). The van der Waals surface area contributed by atoms with E-state index in [0.717, 1.165) is 0 Å². The summed E-state index contributed by atoms with van der Waals surface area (Å²) in [4.78, 5) is 4.07. The first-order valence-electron chi connectivity index (χ1n) is 9.01. The molecule has 2 N–H and O–H groups in total. The zero-order valence-corrected chi connectivity index (χ0v) is 17.4. The van der Waals surface area contributed by atoms with Crippen molar-refractivity contribution in [3.8, 4) is 17.2 Å². The normalized spacial score (nSPS) is 13.8. The Labute approximate surface area is 169 Å². The fourth-order valence-electron chi connectivity index (χ4n) is 2.73. The van der Waals surface area contributed by atoms with E-state index in [0.29, 0.717) is 49.1 Å². The number of nitrogens with zero attached hydrogens (tertiary/aromatic N) is 2. The minimum atomic E-state index is -3.22. The average Bonchev–Trinajstić information content (AvgIpc) is 3.09. The molecule has 0 aliphatic carbocycles. The van der Waals surface area contributed by atoms with Gasteiger partial charge in [0.25, 0.3) is 0 Å². The number of halogens is 2. The fourth-order valence-corrected chi connectivity index (χ4v) is 3.66. The highest BCUT2D eigenvalue weighted by Crippen LogP contribution is 2.38. The molecule has 0 atom stereocenters. The van der Waals surface area contributed by atoms with Crippen LogP contribution in [0.1, 0.15) is 18.9 Å². The van der Waals surface area contributed by atoms with Crippen LogP contribution < -0.4 is 24.8 Å². The Morgan fingerprint density at radius 1 is 1.31 bits per heavy atom. The van der Waals surface area contributed by atoms with Gasteiger partial charge in [-0.1, -0.05) is 6.92 Å². The second kappa shape index (κ2) is 10.4. The molecule has 1 aliphatic heterocycles. The molecule has 0 amide bonds. The van der Waals surface area contributed by atoms with Crippen LogP contribution in [0.25, 0.3) is 0 Å². The number of guanidine groups is 1. The lowest BCUT2D eigenvalue weighted by atomic mass is 10.1. The molecule has 1 aromatic rings. The third kappa shape index (κ3) is 6.89. The van der Waals surface area contributed by atoms with Gasteiger partial charge in [0.1, 0.15) is 5.75 Å². The molecule has 0 bridgehead atoms. The van der Waals surface area contributed by atoms with Crippen LogP contribution in [0.15, 0.2) is 17.1 Å². The average molecular weight is 436 g/mol. The number of hydrogen-bond acceptors (Lipinski definition) is 6. The summed E-state index contributed by atoms with van der Waals surface area (Å²) in [5, 5.41) is 6.06. The lowest BCUT2D eigenvalue weighted by molar-refractivity contribution is -0.0505. The highest BCUT2D eigenvalue weighted by Gasteiger charge is 2.20. The van der Waals surface area contributed by atoms with Gasteiger partial charge >= 0.3 is 6.61 Å². The second-order valence-electron chi connectivity index (χ2n) is 6.15. The Morgan fingerprint density at radius 3 is 2.59 bits per heavy atom. The van der Waals surface area contributed by atoms with Crippen molar-refractivity contribution >= 4 is 16.0 Å². The molecule has 1 heterocycles. The number of benzene rings is 1. The summed E-state index contributed by atoms with van der Waals surface area (Å²) < 4.78 is 65.0. The summed E-state index contributed by atoms with van der Waals surface area (Å²) >= 11 is 0. The van der Waals surface area contributed by atoms with E-state index in [9.17, 15) is 17.2 Å². The van der Waals surface area contributed by atoms with E-state index >= 15 is 0 Å². The minimum absolute atomic E-state index is 0.0149. The highest BCUT2D eigenvalue weighted by molar-refractivity contribution is 7.88. The maximum absolute atomic E-state index is 12.7. The van der Waals surface area contributed by atoms with Gasteiger partial charge in [0.05, 0.1) is 6.26 Å². The zero-order chi connectivity index (χ0) is 21.4. The van der Waals surface area contributed by atoms with Crippen LogP contribution in [0.5, 0.6) is 17.2 Å². The summed E-state index contributed by atoms with van der Waals surface area (Å²) in [6.45, 7) is 0.251. The number of alkyl halides is 2. The van der Waals surface area contributed by atoms with Crippen LogP contribution in [0, 0.1) is 0 Å². The predicted molar refractivity (Wildman–Crippen MR) is 104 cm³/mol. The number of sulfonamides is 1. The zero-order valence-electron chi connectivity index (χ0n) is 16.6. The number of fused-ring (bicyclic) bond motifs is 1. The van der Waals surface area contributed by atoms with Crippen molar-refractivity contribution in [3.63, 3.8) is 0 Å². The molecule has 12 heteroatoms. The lowest BCUT2D eigenvalue weighted by Gasteiger charge is -2.18. The molecule has 0 radical (unpaired) electrons. The Hall–Kier alpha value is -2.34. The number of nitrogens with one attached hydrogen (secondary N) is 2. The van der Waals surface area contributed by atoms with E-state index in [1.165, 1.54) is 16.6 Å². The summed E-state index contributed by atoms with van der Waals surface area (Å²) in [6.07, 6.45) is 1.75. The van der Waals surface area contributed by atoms with Crippen molar-refractivity contribution in [2.75, 3.05) is 39.7 Å². The van der Waals surface area contributed by atoms with Crippen molar-refractivity contribution in [2.24, 2.45) is 4.99 Å². The Balaban J connectivity index is 1.90. The van der Waals surface area contributed by atoms with Crippen LogP contribution >= 0.6 is 0 Å². The summed E-state index contributed by atoms with van der Waals surface area (Å²) in [5.41, 5.74) is 0.451. The van der Waals surface area contributed by atoms with Gasteiger partial charge in [0.2, 0.25) is 16.8 Å². The van der Waals surface area contributed by atoms with Crippen molar-refractivity contribution < 1.29 is 31.4 Å². The van der Waals surface area contributed by atoms with Crippen LogP contribution in [0.4, 0.5) is 8.78 Å². The first-order valence-corrected chi connectivity index (χ1v) is 10.9. The van der Waals surface area contributed by atoms with Crippen LogP contribution in [0.2, 0.25) is 0 Å². The van der Waals surface area contributed by atoms with Crippen LogP contribution in [-0.4, -0.2) is 65.0 Å². The molecule has 0 fully saturated rings. The molecule has 1 aliphatic rings. The van der Waals surface area contributed by atoms with Gasteiger partial charge in [-0.3, -0.25) is 4.99 Å². The van der Waals surface area contributed by atoms with Gasteiger partial charge in [0, 0.05) is 44.9 Å². The van der Waals surface area contributed by atoms with E-state index in [1.54, 1.807) is 20.0 Å². The summed E-state index contributed by atoms with van der Waals surface area (Å²) in [6, 6.07) is 2.94. The number of ether oxygens (including phenoxy) is 3. The molecule has 29 heavy (non-hydrogen) atoms. The quantitative estimate of drug-likeness (QED) is 0.324. The smallest absolute Gasteiger partial charge is 0.387 e. The Kier molecular flexibility index (Phi) is 8.26. The van der Waals surface area contributed by atoms with Gasteiger partial charge in [-0.25, -0.2) is 12.7 Å². The Morgan fingerprint density at radius 2 is 2.00 bits per heavy atom. The summed E-state index contributed by atoms with van der Waals surface area (Å²) in [7, 11) is -1.66. The van der Waals surface area contributed by atoms with Gasteiger partial charge in [-0.15, -0.1) is 0 Å².